The van der Waals surface area contributed by atoms with E-state index in [0.29, 0.717) is 5.92 Å². The lowest BCUT2D eigenvalue weighted by Gasteiger charge is -2.11. The molecule has 108 valence electrons. The minimum absolute atomic E-state index is 0.542. The molecule has 2 N–H and O–H groups in total. The van der Waals surface area contributed by atoms with Crippen LogP contribution in [0.1, 0.15) is 26.6 Å². The third-order valence-electron chi connectivity index (χ3n) is 3.31. The fraction of sp³-hybridized carbons (Fsp3) is 0.438. The molecule has 1 aromatic carbocycles. The smallest absolute Gasteiger partial charge is 0.131 e. The lowest BCUT2D eigenvalue weighted by molar-refractivity contribution is 0.415. The van der Waals surface area contributed by atoms with E-state index in [1.807, 2.05) is 24.3 Å². The van der Waals surface area contributed by atoms with Crippen molar-refractivity contribution in [2.24, 2.45) is 5.92 Å². The highest BCUT2D eigenvalue weighted by Gasteiger charge is 2.15. The number of ether oxygens (including phenoxy) is 1. The van der Waals surface area contributed by atoms with E-state index in [4.69, 9.17) is 15.5 Å². The zero-order valence-electron chi connectivity index (χ0n) is 12.7. The summed E-state index contributed by atoms with van der Waals surface area (Å²) < 4.78 is 7.31. The third-order valence-corrected chi connectivity index (χ3v) is 3.31. The summed E-state index contributed by atoms with van der Waals surface area (Å²) >= 11 is 0. The molecular formula is C16H23N3O. The van der Waals surface area contributed by atoms with Gasteiger partial charge in [0.2, 0.25) is 0 Å². The van der Waals surface area contributed by atoms with Crippen LogP contribution in [0.3, 0.4) is 0 Å². The predicted octanol–water partition coefficient (Wildman–Crippen LogP) is 3.36. The Balaban J connectivity index is 2.43. The topological polar surface area (TPSA) is 53.1 Å². The van der Waals surface area contributed by atoms with Gasteiger partial charge in [-0.3, -0.25) is 0 Å². The van der Waals surface area contributed by atoms with Gasteiger partial charge in [0.15, 0.2) is 0 Å². The predicted molar refractivity (Wildman–Crippen MR) is 82.8 cm³/mol. The molecule has 0 spiro atoms. The number of nitrogens with zero attached hydrogens (tertiary/aromatic N) is 2. The van der Waals surface area contributed by atoms with Crippen LogP contribution in [0.4, 0.5) is 5.82 Å². The van der Waals surface area contributed by atoms with Crippen molar-refractivity contribution in [3.63, 3.8) is 0 Å². The van der Waals surface area contributed by atoms with Gasteiger partial charge in [-0.15, -0.1) is 0 Å². The highest BCUT2D eigenvalue weighted by Crippen LogP contribution is 2.28. The largest absolute Gasteiger partial charge is 0.497 e. The summed E-state index contributed by atoms with van der Waals surface area (Å²) in [6, 6.07) is 7.86. The first kappa shape index (κ1) is 14.4. The van der Waals surface area contributed by atoms with E-state index in [2.05, 4.69) is 25.3 Å². The number of methoxy groups -OCH3 is 1. The van der Waals surface area contributed by atoms with Crippen LogP contribution < -0.4 is 10.5 Å². The maximum Gasteiger partial charge on any atom is 0.131 e. The van der Waals surface area contributed by atoms with Crippen molar-refractivity contribution in [2.45, 2.75) is 33.7 Å². The van der Waals surface area contributed by atoms with Crippen LogP contribution >= 0.6 is 0 Å². The highest BCUT2D eigenvalue weighted by atomic mass is 16.5. The second-order valence-electron chi connectivity index (χ2n) is 5.35. The number of nitrogens with two attached hydrogens (primary N) is 1. The first-order valence-electron chi connectivity index (χ1n) is 7.06. The van der Waals surface area contributed by atoms with E-state index in [1.54, 1.807) is 7.11 Å². The molecule has 4 heteroatoms. The van der Waals surface area contributed by atoms with E-state index >= 15 is 0 Å². The number of imidazole rings is 1. The third kappa shape index (κ3) is 2.79. The van der Waals surface area contributed by atoms with Crippen molar-refractivity contribution >= 4 is 5.82 Å². The maximum atomic E-state index is 6.30. The van der Waals surface area contributed by atoms with Gasteiger partial charge in [-0.1, -0.05) is 20.8 Å². The Morgan fingerprint density at radius 3 is 2.40 bits per heavy atom. The van der Waals surface area contributed by atoms with Gasteiger partial charge in [-0.2, -0.15) is 0 Å². The molecule has 0 aliphatic rings. The number of aromatic nitrogens is 2. The summed E-state index contributed by atoms with van der Waals surface area (Å²) in [5.41, 5.74) is 8.19. The number of hydrogen-bond donors (Lipinski definition) is 1. The molecule has 0 amide bonds. The van der Waals surface area contributed by atoms with E-state index in [-0.39, 0.29) is 0 Å². The molecule has 2 aromatic rings. The number of benzene rings is 1. The fourth-order valence-electron chi connectivity index (χ4n) is 2.31. The quantitative estimate of drug-likeness (QED) is 0.908. The van der Waals surface area contributed by atoms with Crippen LogP contribution in [0.15, 0.2) is 24.3 Å². The molecule has 0 saturated carbocycles. The van der Waals surface area contributed by atoms with Crippen LogP contribution in [-0.2, 0) is 13.0 Å². The van der Waals surface area contributed by atoms with Gasteiger partial charge in [0.05, 0.1) is 7.11 Å². The number of nitrogen functional groups attached to an aromatic ring is 1. The number of rotatable bonds is 5. The number of hydrogen-bond acceptors (Lipinski definition) is 3. The summed E-state index contributed by atoms with van der Waals surface area (Å²) in [5, 5.41) is 0. The second kappa shape index (κ2) is 5.99. The minimum Gasteiger partial charge on any atom is -0.497 e. The maximum absolute atomic E-state index is 6.30. The lowest BCUT2D eigenvalue weighted by Crippen LogP contribution is -2.10. The van der Waals surface area contributed by atoms with Crippen LogP contribution in [-0.4, -0.2) is 16.7 Å². The van der Waals surface area contributed by atoms with Crippen LogP contribution in [0.25, 0.3) is 11.3 Å². The molecule has 0 saturated heterocycles. The van der Waals surface area contributed by atoms with Gasteiger partial charge in [0, 0.05) is 18.5 Å². The van der Waals surface area contributed by atoms with Crippen LogP contribution in [0, 0.1) is 5.92 Å². The molecule has 0 aliphatic carbocycles. The first-order valence-corrected chi connectivity index (χ1v) is 7.06. The second-order valence-corrected chi connectivity index (χ2v) is 5.35. The molecule has 0 aliphatic heterocycles. The molecule has 0 bridgehead atoms. The van der Waals surface area contributed by atoms with E-state index in [1.165, 1.54) is 0 Å². The Hall–Kier alpha value is -1.97. The average Bonchev–Trinajstić information content (AvgIpc) is 2.75. The molecule has 20 heavy (non-hydrogen) atoms. The molecular weight excluding hydrogens is 250 g/mol. The Morgan fingerprint density at radius 1 is 1.25 bits per heavy atom. The van der Waals surface area contributed by atoms with Gasteiger partial charge in [-0.05, 0) is 30.2 Å². The summed E-state index contributed by atoms with van der Waals surface area (Å²) in [7, 11) is 1.66. The molecule has 1 aromatic heterocycles. The van der Waals surface area contributed by atoms with E-state index in [0.717, 1.165) is 41.6 Å². The summed E-state index contributed by atoms with van der Waals surface area (Å²) in [6.07, 6.45) is 0.882. The molecule has 1 heterocycles. The monoisotopic (exact) mass is 273 g/mol. The first-order chi connectivity index (χ1) is 9.56. The van der Waals surface area contributed by atoms with Crippen LogP contribution in [0.2, 0.25) is 0 Å². The Morgan fingerprint density at radius 2 is 1.90 bits per heavy atom. The zero-order valence-corrected chi connectivity index (χ0v) is 12.7. The Kier molecular flexibility index (Phi) is 4.32. The standard InChI is InChI=1S/C16H23N3O/c1-5-14-18-15(16(17)19(14)10-11(2)3)12-6-8-13(20-4)9-7-12/h6-9,11H,5,10,17H2,1-4H3. The SMILES string of the molecule is CCc1nc(-c2ccc(OC)cc2)c(N)n1CC(C)C. The highest BCUT2D eigenvalue weighted by molar-refractivity contribution is 5.71. The average molecular weight is 273 g/mol. The summed E-state index contributed by atoms with van der Waals surface area (Å²) in [6.45, 7) is 7.38. The van der Waals surface area contributed by atoms with Gasteiger partial charge in [-0.25, -0.2) is 4.98 Å². The summed E-state index contributed by atoms with van der Waals surface area (Å²) in [4.78, 5) is 4.70. The van der Waals surface area contributed by atoms with Crippen molar-refractivity contribution < 1.29 is 4.74 Å². The molecule has 0 radical (unpaired) electrons. The lowest BCUT2D eigenvalue weighted by atomic mass is 10.1. The van der Waals surface area contributed by atoms with Crippen molar-refractivity contribution in [2.75, 3.05) is 12.8 Å². The van der Waals surface area contributed by atoms with Crippen molar-refractivity contribution in [1.82, 2.24) is 9.55 Å². The minimum atomic E-state index is 0.542. The van der Waals surface area contributed by atoms with Crippen molar-refractivity contribution in [1.29, 1.82) is 0 Å². The Labute approximate surface area is 120 Å². The van der Waals surface area contributed by atoms with E-state index < -0.39 is 0 Å². The van der Waals surface area contributed by atoms with Gasteiger partial charge in [0.25, 0.3) is 0 Å². The van der Waals surface area contributed by atoms with Crippen LogP contribution in [0.5, 0.6) is 5.75 Å². The van der Waals surface area contributed by atoms with E-state index in [9.17, 15) is 0 Å². The number of aryl methyl sites for hydroxylation is 1. The molecule has 4 nitrogen and oxygen atoms in total. The molecule has 0 fully saturated rings. The van der Waals surface area contributed by atoms with Crippen molar-refractivity contribution in [3.8, 4) is 17.0 Å². The molecule has 0 atom stereocenters. The van der Waals surface area contributed by atoms with Gasteiger partial charge < -0.3 is 15.0 Å². The zero-order chi connectivity index (χ0) is 14.7. The summed E-state index contributed by atoms with van der Waals surface area (Å²) in [5.74, 6) is 3.17. The molecule has 2 rings (SSSR count). The van der Waals surface area contributed by atoms with Gasteiger partial charge >= 0.3 is 0 Å². The normalized spacial score (nSPS) is 11.1. The van der Waals surface area contributed by atoms with Crippen molar-refractivity contribution in [3.05, 3.63) is 30.1 Å². The Bertz CT molecular complexity index is 570. The fourth-order valence-corrected chi connectivity index (χ4v) is 2.31. The van der Waals surface area contributed by atoms with Gasteiger partial charge in [0.1, 0.15) is 23.1 Å². The molecule has 0 unspecified atom stereocenters. The number of anilines is 1.